The molecule has 1 aromatic carbocycles. The van der Waals surface area contributed by atoms with Crippen molar-refractivity contribution in [3.8, 4) is 0 Å². The van der Waals surface area contributed by atoms with Gasteiger partial charge in [-0.05, 0) is 23.6 Å². The summed E-state index contributed by atoms with van der Waals surface area (Å²) in [5.74, 6) is 0.598. The van der Waals surface area contributed by atoms with Crippen LogP contribution in [0, 0.1) is 0 Å². The van der Waals surface area contributed by atoms with Crippen molar-refractivity contribution in [3.63, 3.8) is 0 Å². The second-order valence-corrected chi connectivity index (χ2v) is 2.82. The summed E-state index contributed by atoms with van der Waals surface area (Å²) >= 11 is 0. The SMILES string of the molecule is CC.CC(C)c1ccc(N)cc1.[HH]. The Bertz CT molecular complexity index is 204. The van der Waals surface area contributed by atoms with Gasteiger partial charge in [0.2, 0.25) is 0 Å². The summed E-state index contributed by atoms with van der Waals surface area (Å²) in [7, 11) is 0. The van der Waals surface area contributed by atoms with Crippen molar-refractivity contribution < 1.29 is 1.43 Å². The van der Waals surface area contributed by atoms with Crippen LogP contribution in [-0.2, 0) is 0 Å². The summed E-state index contributed by atoms with van der Waals surface area (Å²) in [6, 6.07) is 8.02. The Kier molecular flexibility index (Phi) is 5.18. The zero-order valence-corrected chi connectivity index (χ0v) is 8.46. The first-order valence-corrected chi connectivity index (χ1v) is 4.55. The summed E-state index contributed by atoms with van der Waals surface area (Å²) in [6.45, 7) is 8.34. The summed E-state index contributed by atoms with van der Waals surface area (Å²) in [6.07, 6.45) is 0. The highest BCUT2D eigenvalue weighted by molar-refractivity contribution is 5.39. The molecule has 0 fully saturated rings. The summed E-state index contributed by atoms with van der Waals surface area (Å²) in [5.41, 5.74) is 7.71. The van der Waals surface area contributed by atoms with Gasteiger partial charge >= 0.3 is 0 Å². The van der Waals surface area contributed by atoms with Crippen molar-refractivity contribution in [2.24, 2.45) is 0 Å². The van der Waals surface area contributed by atoms with Gasteiger partial charge in [-0.2, -0.15) is 0 Å². The maximum atomic E-state index is 5.53. The molecule has 70 valence electrons. The van der Waals surface area contributed by atoms with E-state index < -0.39 is 0 Å². The van der Waals surface area contributed by atoms with Crippen molar-refractivity contribution in [2.45, 2.75) is 33.6 Å². The van der Waals surface area contributed by atoms with E-state index in [0.717, 1.165) is 5.69 Å². The normalized spacial score (nSPS) is 9.08. The molecule has 0 saturated heterocycles. The molecule has 0 unspecified atom stereocenters. The molecule has 0 spiro atoms. The summed E-state index contributed by atoms with van der Waals surface area (Å²) in [5, 5.41) is 0. The molecule has 12 heavy (non-hydrogen) atoms. The summed E-state index contributed by atoms with van der Waals surface area (Å²) in [4.78, 5) is 0. The first-order valence-electron chi connectivity index (χ1n) is 4.55. The number of hydrogen-bond donors (Lipinski definition) is 1. The molecular formula is C11H21N. The number of nitrogen functional groups attached to an aromatic ring is 1. The minimum Gasteiger partial charge on any atom is -0.399 e. The average molecular weight is 167 g/mol. The van der Waals surface area contributed by atoms with E-state index in [4.69, 9.17) is 5.73 Å². The zero-order valence-electron chi connectivity index (χ0n) is 8.46. The van der Waals surface area contributed by atoms with Gasteiger partial charge in [-0.15, -0.1) is 0 Å². The van der Waals surface area contributed by atoms with Gasteiger partial charge in [0.1, 0.15) is 0 Å². The largest absolute Gasteiger partial charge is 0.399 e. The van der Waals surface area contributed by atoms with E-state index in [0.29, 0.717) is 5.92 Å². The predicted octanol–water partition coefficient (Wildman–Crippen LogP) is 3.66. The van der Waals surface area contributed by atoms with Crippen LogP contribution in [0.5, 0.6) is 0 Å². The van der Waals surface area contributed by atoms with Crippen molar-refractivity contribution in [2.75, 3.05) is 5.73 Å². The summed E-state index contributed by atoms with van der Waals surface area (Å²) < 4.78 is 0. The standard InChI is InChI=1S/C9H13N.C2H6.H2/c1-7(2)8-3-5-9(10)6-4-8;1-2;/h3-7H,10H2,1-2H3;1-2H3;1H. The Morgan fingerprint density at radius 3 is 1.83 bits per heavy atom. The first-order chi connectivity index (χ1) is 5.70. The van der Waals surface area contributed by atoms with Gasteiger partial charge in [0.05, 0.1) is 0 Å². The number of hydrogen-bond acceptors (Lipinski definition) is 1. The lowest BCUT2D eigenvalue weighted by molar-refractivity contribution is 0.867. The molecule has 0 bridgehead atoms. The quantitative estimate of drug-likeness (QED) is 0.635. The van der Waals surface area contributed by atoms with Gasteiger partial charge in [-0.1, -0.05) is 39.8 Å². The maximum Gasteiger partial charge on any atom is 0.0314 e. The van der Waals surface area contributed by atoms with E-state index in [9.17, 15) is 0 Å². The predicted molar refractivity (Wildman–Crippen MR) is 58.4 cm³/mol. The van der Waals surface area contributed by atoms with Crippen molar-refractivity contribution in [1.82, 2.24) is 0 Å². The third kappa shape index (κ3) is 3.42. The molecule has 0 aliphatic heterocycles. The van der Waals surface area contributed by atoms with Crippen LogP contribution in [0.3, 0.4) is 0 Å². The van der Waals surface area contributed by atoms with Gasteiger partial charge in [0, 0.05) is 7.11 Å². The van der Waals surface area contributed by atoms with Crippen LogP contribution >= 0.6 is 0 Å². The molecule has 1 heteroatoms. The molecule has 1 nitrogen and oxygen atoms in total. The fraction of sp³-hybridized carbons (Fsp3) is 0.455. The van der Waals surface area contributed by atoms with E-state index in [-0.39, 0.29) is 1.43 Å². The van der Waals surface area contributed by atoms with E-state index in [2.05, 4.69) is 26.0 Å². The Balaban J connectivity index is 0. The number of anilines is 1. The van der Waals surface area contributed by atoms with Crippen LogP contribution in [0.15, 0.2) is 24.3 Å². The van der Waals surface area contributed by atoms with Gasteiger partial charge in [-0.25, -0.2) is 0 Å². The minimum absolute atomic E-state index is 0. The molecule has 0 aliphatic carbocycles. The molecule has 0 aromatic heterocycles. The van der Waals surface area contributed by atoms with Crippen LogP contribution < -0.4 is 5.73 Å². The lowest BCUT2D eigenvalue weighted by Crippen LogP contribution is -1.88. The van der Waals surface area contributed by atoms with Crippen LogP contribution in [-0.4, -0.2) is 0 Å². The number of benzene rings is 1. The van der Waals surface area contributed by atoms with Crippen molar-refractivity contribution >= 4 is 5.69 Å². The molecule has 1 aromatic rings. The highest BCUT2D eigenvalue weighted by Crippen LogP contribution is 2.14. The smallest absolute Gasteiger partial charge is 0.0314 e. The Labute approximate surface area is 77.1 Å². The van der Waals surface area contributed by atoms with E-state index >= 15 is 0 Å². The van der Waals surface area contributed by atoms with Crippen LogP contribution in [0.1, 0.15) is 40.6 Å². The van der Waals surface area contributed by atoms with Crippen LogP contribution in [0.25, 0.3) is 0 Å². The Hall–Kier alpha value is -0.980. The van der Waals surface area contributed by atoms with Crippen LogP contribution in [0.4, 0.5) is 5.69 Å². The lowest BCUT2D eigenvalue weighted by Gasteiger charge is -2.03. The first kappa shape index (κ1) is 11.0. The highest BCUT2D eigenvalue weighted by atomic mass is 14.5. The molecule has 0 radical (unpaired) electrons. The van der Waals surface area contributed by atoms with Crippen LogP contribution in [0.2, 0.25) is 0 Å². The molecule has 2 N–H and O–H groups in total. The monoisotopic (exact) mass is 167 g/mol. The molecule has 0 amide bonds. The lowest BCUT2D eigenvalue weighted by atomic mass is 10.0. The fourth-order valence-corrected chi connectivity index (χ4v) is 0.881. The minimum atomic E-state index is 0. The molecule has 1 rings (SSSR count). The highest BCUT2D eigenvalue weighted by Gasteiger charge is 1.95. The Morgan fingerprint density at radius 2 is 1.50 bits per heavy atom. The van der Waals surface area contributed by atoms with Crippen molar-refractivity contribution in [3.05, 3.63) is 29.8 Å². The van der Waals surface area contributed by atoms with Crippen molar-refractivity contribution in [1.29, 1.82) is 0 Å². The second-order valence-electron chi connectivity index (χ2n) is 2.82. The van der Waals surface area contributed by atoms with E-state index in [1.54, 1.807) is 0 Å². The van der Waals surface area contributed by atoms with Gasteiger partial charge in [0.15, 0.2) is 0 Å². The number of nitrogens with two attached hydrogens (primary N) is 1. The third-order valence-corrected chi connectivity index (χ3v) is 1.60. The fourth-order valence-electron chi connectivity index (χ4n) is 0.881. The topological polar surface area (TPSA) is 26.0 Å². The van der Waals surface area contributed by atoms with Gasteiger partial charge in [-0.3, -0.25) is 0 Å². The third-order valence-electron chi connectivity index (χ3n) is 1.60. The van der Waals surface area contributed by atoms with Gasteiger partial charge < -0.3 is 5.73 Å². The average Bonchev–Trinajstić information content (AvgIpc) is 2.09. The van der Waals surface area contributed by atoms with E-state index in [1.807, 2.05) is 26.0 Å². The molecule has 0 aliphatic rings. The molecule has 0 atom stereocenters. The number of rotatable bonds is 1. The Morgan fingerprint density at radius 1 is 1.08 bits per heavy atom. The van der Waals surface area contributed by atoms with Gasteiger partial charge in [0.25, 0.3) is 0 Å². The molecule has 0 heterocycles. The molecular weight excluding hydrogens is 146 g/mol. The van der Waals surface area contributed by atoms with E-state index in [1.165, 1.54) is 5.56 Å². The zero-order chi connectivity index (χ0) is 9.56. The second kappa shape index (κ2) is 5.64. The maximum absolute atomic E-state index is 5.53. The molecule has 0 saturated carbocycles.